The number of carbonyl (C=O) groups is 2. The maximum Gasteiger partial charge on any atom is 0.229 e. The molecule has 1 fully saturated rings. The Labute approximate surface area is 186 Å². The summed E-state index contributed by atoms with van der Waals surface area (Å²) in [5, 5.41) is 7.43. The Morgan fingerprint density at radius 2 is 1.94 bits per heavy atom. The number of likely N-dealkylation sites (tertiary alicyclic amines) is 1. The zero-order valence-electron chi connectivity index (χ0n) is 17.7. The van der Waals surface area contributed by atoms with E-state index in [1.165, 1.54) is 4.88 Å². The SMILES string of the molecule is Cc1ncsc1CCC(=O)N1CCC(n2nccc2NC(=O)Cc2ccccc2)CC1. The Hall–Kier alpha value is -3.00. The number of benzene rings is 1. The topological polar surface area (TPSA) is 80.1 Å². The van der Waals surface area contributed by atoms with E-state index in [0.717, 1.165) is 30.5 Å². The normalized spacial score (nSPS) is 14.5. The van der Waals surface area contributed by atoms with Crippen molar-refractivity contribution >= 4 is 29.0 Å². The van der Waals surface area contributed by atoms with E-state index < -0.39 is 0 Å². The maximum atomic E-state index is 12.6. The number of carbonyl (C=O) groups excluding carboxylic acids is 2. The molecular weight excluding hydrogens is 410 g/mol. The summed E-state index contributed by atoms with van der Waals surface area (Å²) >= 11 is 1.62. The Morgan fingerprint density at radius 3 is 2.65 bits per heavy atom. The molecule has 8 heteroatoms. The molecule has 1 aromatic carbocycles. The lowest BCUT2D eigenvalue weighted by atomic mass is 10.0. The van der Waals surface area contributed by atoms with Gasteiger partial charge in [-0.05, 0) is 31.7 Å². The van der Waals surface area contributed by atoms with Gasteiger partial charge in [0.25, 0.3) is 0 Å². The predicted octanol–water partition coefficient (Wildman–Crippen LogP) is 3.63. The van der Waals surface area contributed by atoms with Gasteiger partial charge in [-0.15, -0.1) is 11.3 Å². The molecule has 0 saturated carbocycles. The first-order chi connectivity index (χ1) is 15.1. The van der Waals surface area contributed by atoms with Crippen LogP contribution in [0.5, 0.6) is 0 Å². The molecule has 1 aliphatic heterocycles. The van der Waals surface area contributed by atoms with Crippen molar-refractivity contribution in [1.29, 1.82) is 0 Å². The van der Waals surface area contributed by atoms with Crippen LogP contribution in [0.15, 0.2) is 48.1 Å². The molecule has 0 radical (unpaired) electrons. The van der Waals surface area contributed by atoms with E-state index in [1.807, 2.05) is 58.4 Å². The molecule has 0 spiro atoms. The maximum absolute atomic E-state index is 12.6. The fraction of sp³-hybridized carbons (Fsp3) is 0.391. The second-order valence-corrected chi connectivity index (χ2v) is 8.78. The summed E-state index contributed by atoms with van der Waals surface area (Å²) in [5.41, 5.74) is 3.84. The standard InChI is InChI=1S/C23H27N5O2S/c1-17-20(31-16-24-17)7-8-23(30)27-13-10-19(11-14-27)28-21(9-12-25-28)26-22(29)15-18-5-3-2-4-6-18/h2-6,9,12,16,19H,7-8,10-11,13-15H2,1H3,(H,26,29). The van der Waals surface area contributed by atoms with E-state index in [-0.39, 0.29) is 17.9 Å². The molecule has 1 N–H and O–H groups in total. The van der Waals surface area contributed by atoms with Gasteiger partial charge in [0, 0.05) is 30.5 Å². The molecule has 0 unspecified atom stereocenters. The molecule has 0 aliphatic carbocycles. The number of nitrogens with zero attached hydrogens (tertiary/aromatic N) is 4. The zero-order chi connectivity index (χ0) is 21.6. The molecule has 3 aromatic rings. The summed E-state index contributed by atoms with van der Waals surface area (Å²) in [5.74, 6) is 0.855. The Bertz CT molecular complexity index is 1020. The van der Waals surface area contributed by atoms with Crippen molar-refractivity contribution in [1.82, 2.24) is 19.7 Å². The first kappa shape index (κ1) is 21.2. The van der Waals surface area contributed by atoms with Crippen molar-refractivity contribution in [3.8, 4) is 0 Å². The summed E-state index contributed by atoms with van der Waals surface area (Å²) in [6.45, 7) is 3.41. The van der Waals surface area contributed by atoms with Gasteiger partial charge < -0.3 is 10.2 Å². The average molecular weight is 438 g/mol. The fourth-order valence-electron chi connectivity index (χ4n) is 3.98. The van der Waals surface area contributed by atoms with E-state index >= 15 is 0 Å². The van der Waals surface area contributed by atoms with Crippen LogP contribution in [0.4, 0.5) is 5.82 Å². The smallest absolute Gasteiger partial charge is 0.229 e. The number of piperidine rings is 1. The van der Waals surface area contributed by atoms with Crippen molar-refractivity contribution < 1.29 is 9.59 Å². The van der Waals surface area contributed by atoms with Crippen LogP contribution < -0.4 is 5.32 Å². The van der Waals surface area contributed by atoms with Crippen LogP contribution in [-0.2, 0) is 22.4 Å². The molecule has 1 aliphatic rings. The second kappa shape index (κ2) is 9.87. The Balaban J connectivity index is 1.28. The molecular formula is C23H27N5O2S. The van der Waals surface area contributed by atoms with Crippen molar-refractivity contribution in [2.45, 2.75) is 45.1 Å². The molecule has 2 amide bonds. The first-order valence-electron chi connectivity index (χ1n) is 10.6. The quantitative estimate of drug-likeness (QED) is 0.612. The number of anilines is 1. The lowest BCUT2D eigenvalue weighted by Crippen LogP contribution is -2.39. The summed E-state index contributed by atoms with van der Waals surface area (Å²) in [6, 6.07) is 11.7. The molecule has 0 bridgehead atoms. The van der Waals surface area contributed by atoms with Crippen molar-refractivity contribution in [2.75, 3.05) is 18.4 Å². The predicted molar refractivity (Wildman–Crippen MR) is 121 cm³/mol. The largest absolute Gasteiger partial charge is 0.343 e. The van der Waals surface area contributed by atoms with Crippen LogP contribution in [0.2, 0.25) is 0 Å². The van der Waals surface area contributed by atoms with Gasteiger partial charge in [-0.1, -0.05) is 30.3 Å². The first-order valence-corrected chi connectivity index (χ1v) is 11.5. The van der Waals surface area contributed by atoms with Gasteiger partial charge in [-0.3, -0.25) is 9.59 Å². The summed E-state index contributed by atoms with van der Waals surface area (Å²) in [6.07, 6.45) is 4.98. The number of hydrogen-bond acceptors (Lipinski definition) is 5. The van der Waals surface area contributed by atoms with Crippen LogP contribution in [0, 0.1) is 6.92 Å². The van der Waals surface area contributed by atoms with Crippen LogP contribution >= 0.6 is 11.3 Å². The number of thiazole rings is 1. The molecule has 3 heterocycles. The van der Waals surface area contributed by atoms with E-state index in [9.17, 15) is 9.59 Å². The fourth-order valence-corrected chi connectivity index (χ4v) is 4.76. The number of nitrogens with one attached hydrogen (secondary N) is 1. The molecule has 4 rings (SSSR count). The summed E-state index contributed by atoms with van der Waals surface area (Å²) < 4.78 is 1.89. The van der Waals surface area contributed by atoms with E-state index in [2.05, 4.69) is 15.4 Å². The summed E-state index contributed by atoms with van der Waals surface area (Å²) in [4.78, 5) is 32.4. The Kier molecular flexibility index (Phi) is 6.76. The van der Waals surface area contributed by atoms with Crippen molar-refractivity contribution in [3.05, 3.63) is 64.2 Å². The molecule has 2 aromatic heterocycles. The van der Waals surface area contributed by atoms with Gasteiger partial charge in [0.05, 0.1) is 29.9 Å². The third kappa shape index (κ3) is 5.38. The number of aryl methyl sites for hydroxylation is 2. The number of amides is 2. The van der Waals surface area contributed by atoms with Gasteiger partial charge in [0.1, 0.15) is 5.82 Å². The average Bonchev–Trinajstić information content (AvgIpc) is 3.41. The van der Waals surface area contributed by atoms with Gasteiger partial charge in [-0.2, -0.15) is 5.10 Å². The van der Waals surface area contributed by atoms with Crippen molar-refractivity contribution in [3.63, 3.8) is 0 Å². The Morgan fingerprint density at radius 1 is 1.16 bits per heavy atom. The van der Waals surface area contributed by atoms with E-state index in [4.69, 9.17) is 0 Å². The van der Waals surface area contributed by atoms with Crippen LogP contribution in [0.3, 0.4) is 0 Å². The minimum absolute atomic E-state index is 0.0566. The minimum atomic E-state index is -0.0566. The minimum Gasteiger partial charge on any atom is -0.343 e. The molecule has 7 nitrogen and oxygen atoms in total. The number of hydrogen-bond donors (Lipinski definition) is 1. The molecule has 31 heavy (non-hydrogen) atoms. The van der Waals surface area contributed by atoms with Crippen LogP contribution in [0.25, 0.3) is 0 Å². The molecule has 0 atom stereocenters. The highest BCUT2D eigenvalue weighted by molar-refractivity contribution is 7.09. The highest BCUT2D eigenvalue weighted by Crippen LogP contribution is 2.26. The second-order valence-electron chi connectivity index (χ2n) is 7.84. The third-order valence-electron chi connectivity index (χ3n) is 5.72. The summed E-state index contributed by atoms with van der Waals surface area (Å²) in [7, 11) is 0. The van der Waals surface area contributed by atoms with Gasteiger partial charge in [0.15, 0.2) is 0 Å². The van der Waals surface area contributed by atoms with E-state index in [1.54, 1.807) is 17.5 Å². The third-order valence-corrected chi connectivity index (χ3v) is 6.71. The molecule has 162 valence electrons. The lowest BCUT2D eigenvalue weighted by molar-refractivity contribution is -0.132. The zero-order valence-corrected chi connectivity index (χ0v) is 18.5. The lowest BCUT2D eigenvalue weighted by Gasteiger charge is -2.32. The van der Waals surface area contributed by atoms with Gasteiger partial charge in [-0.25, -0.2) is 9.67 Å². The number of rotatable bonds is 7. The van der Waals surface area contributed by atoms with Gasteiger partial charge >= 0.3 is 0 Å². The van der Waals surface area contributed by atoms with Crippen LogP contribution in [0.1, 0.15) is 41.4 Å². The van der Waals surface area contributed by atoms with Crippen LogP contribution in [-0.4, -0.2) is 44.6 Å². The molecule has 1 saturated heterocycles. The number of aromatic nitrogens is 3. The van der Waals surface area contributed by atoms with Gasteiger partial charge in [0.2, 0.25) is 11.8 Å². The van der Waals surface area contributed by atoms with E-state index in [0.29, 0.717) is 31.7 Å². The highest BCUT2D eigenvalue weighted by Gasteiger charge is 2.25. The highest BCUT2D eigenvalue weighted by atomic mass is 32.1. The van der Waals surface area contributed by atoms with Crippen molar-refractivity contribution in [2.24, 2.45) is 0 Å². The monoisotopic (exact) mass is 437 g/mol.